The van der Waals surface area contributed by atoms with Crippen LogP contribution in [0.5, 0.6) is 0 Å². The number of amides is 1. The fraction of sp³-hybridized carbons (Fsp3) is 0.462. The van der Waals surface area contributed by atoms with Crippen LogP contribution in [-0.4, -0.2) is 50.7 Å². The van der Waals surface area contributed by atoms with Gasteiger partial charge in [0.2, 0.25) is 5.91 Å². The van der Waals surface area contributed by atoms with Gasteiger partial charge in [-0.15, -0.1) is 0 Å². The van der Waals surface area contributed by atoms with Crippen molar-refractivity contribution in [2.24, 2.45) is 0 Å². The highest BCUT2D eigenvalue weighted by atomic mass is 16.5. The summed E-state index contributed by atoms with van der Waals surface area (Å²) >= 11 is 0. The Kier molecular flexibility index (Phi) is 4.55. The molecule has 1 saturated heterocycles. The molecule has 0 spiro atoms. The van der Waals surface area contributed by atoms with E-state index in [4.69, 9.17) is 4.74 Å². The Labute approximate surface area is 107 Å². The molecule has 1 fully saturated rings. The van der Waals surface area contributed by atoms with Crippen LogP contribution in [0.4, 0.5) is 11.4 Å². The molecular formula is C13H19N3O2. The standard InChI is InChI=1S/C13H19N3O2/c1-14-11-3-2-4-12(9-11)15-13(17)10-16-5-7-18-8-6-16/h2-4,9,14H,5-8,10H2,1H3,(H,15,17). The van der Waals surface area contributed by atoms with Crippen molar-refractivity contribution in [2.45, 2.75) is 0 Å². The van der Waals surface area contributed by atoms with E-state index < -0.39 is 0 Å². The van der Waals surface area contributed by atoms with Crippen LogP contribution in [0.2, 0.25) is 0 Å². The molecule has 18 heavy (non-hydrogen) atoms. The second-order valence-electron chi connectivity index (χ2n) is 4.27. The van der Waals surface area contributed by atoms with Gasteiger partial charge in [-0.3, -0.25) is 9.69 Å². The Balaban J connectivity index is 1.85. The number of nitrogens with one attached hydrogen (secondary N) is 2. The molecule has 2 rings (SSSR count). The Morgan fingerprint density at radius 1 is 1.33 bits per heavy atom. The van der Waals surface area contributed by atoms with Gasteiger partial charge in [-0.1, -0.05) is 6.07 Å². The minimum absolute atomic E-state index is 0.0187. The van der Waals surface area contributed by atoms with Crippen molar-refractivity contribution in [1.29, 1.82) is 0 Å². The predicted molar refractivity (Wildman–Crippen MR) is 71.9 cm³/mol. The van der Waals surface area contributed by atoms with Crippen molar-refractivity contribution in [3.05, 3.63) is 24.3 Å². The summed E-state index contributed by atoms with van der Waals surface area (Å²) in [6, 6.07) is 7.67. The van der Waals surface area contributed by atoms with Crippen LogP contribution in [0.3, 0.4) is 0 Å². The first-order valence-corrected chi connectivity index (χ1v) is 6.16. The summed E-state index contributed by atoms with van der Waals surface area (Å²) in [6.07, 6.45) is 0. The lowest BCUT2D eigenvalue weighted by Gasteiger charge is -2.25. The first-order valence-electron chi connectivity index (χ1n) is 6.16. The average molecular weight is 249 g/mol. The lowest BCUT2D eigenvalue weighted by atomic mass is 10.2. The highest BCUT2D eigenvalue weighted by molar-refractivity contribution is 5.92. The smallest absolute Gasteiger partial charge is 0.238 e. The van der Waals surface area contributed by atoms with E-state index in [-0.39, 0.29) is 5.91 Å². The quantitative estimate of drug-likeness (QED) is 0.836. The number of rotatable bonds is 4. The molecule has 0 aromatic heterocycles. The monoisotopic (exact) mass is 249 g/mol. The van der Waals surface area contributed by atoms with Gasteiger partial charge in [0.05, 0.1) is 19.8 Å². The fourth-order valence-corrected chi connectivity index (χ4v) is 1.92. The van der Waals surface area contributed by atoms with Gasteiger partial charge in [0, 0.05) is 31.5 Å². The van der Waals surface area contributed by atoms with E-state index in [1.807, 2.05) is 31.3 Å². The molecule has 1 aliphatic rings. The van der Waals surface area contributed by atoms with E-state index in [1.54, 1.807) is 0 Å². The number of nitrogens with zero attached hydrogens (tertiary/aromatic N) is 1. The summed E-state index contributed by atoms with van der Waals surface area (Å²) in [6.45, 7) is 3.49. The molecule has 1 heterocycles. The molecule has 0 bridgehead atoms. The maximum atomic E-state index is 11.9. The van der Waals surface area contributed by atoms with Crippen molar-refractivity contribution in [1.82, 2.24) is 4.90 Å². The number of hydrogen-bond acceptors (Lipinski definition) is 4. The molecule has 1 amide bonds. The predicted octanol–water partition coefficient (Wildman–Crippen LogP) is 0.999. The number of hydrogen-bond donors (Lipinski definition) is 2. The molecule has 5 nitrogen and oxygen atoms in total. The average Bonchev–Trinajstić information content (AvgIpc) is 2.40. The van der Waals surface area contributed by atoms with E-state index in [2.05, 4.69) is 15.5 Å². The molecule has 0 radical (unpaired) electrons. The summed E-state index contributed by atoms with van der Waals surface area (Å²) in [7, 11) is 1.86. The lowest BCUT2D eigenvalue weighted by molar-refractivity contribution is -0.118. The normalized spacial score (nSPS) is 16.3. The highest BCUT2D eigenvalue weighted by Crippen LogP contribution is 2.14. The number of morpholine rings is 1. The van der Waals surface area contributed by atoms with Crippen LogP contribution < -0.4 is 10.6 Å². The van der Waals surface area contributed by atoms with Gasteiger partial charge < -0.3 is 15.4 Å². The van der Waals surface area contributed by atoms with E-state index in [9.17, 15) is 4.79 Å². The minimum atomic E-state index is 0.0187. The number of anilines is 2. The summed E-state index contributed by atoms with van der Waals surface area (Å²) < 4.78 is 5.25. The molecule has 1 aromatic carbocycles. The topological polar surface area (TPSA) is 53.6 Å². The molecule has 0 atom stereocenters. The molecule has 0 saturated carbocycles. The second kappa shape index (κ2) is 6.37. The van der Waals surface area contributed by atoms with Gasteiger partial charge >= 0.3 is 0 Å². The van der Waals surface area contributed by atoms with E-state index in [1.165, 1.54) is 0 Å². The van der Waals surface area contributed by atoms with Gasteiger partial charge in [0.25, 0.3) is 0 Å². The number of ether oxygens (including phenoxy) is 1. The third kappa shape index (κ3) is 3.72. The van der Waals surface area contributed by atoms with E-state index >= 15 is 0 Å². The minimum Gasteiger partial charge on any atom is -0.388 e. The fourth-order valence-electron chi connectivity index (χ4n) is 1.92. The highest BCUT2D eigenvalue weighted by Gasteiger charge is 2.14. The van der Waals surface area contributed by atoms with Crippen LogP contribution in [-0.2, 0) is 9.53 Å². The second-order valence-corrected chi connectivity index (χ2v) is 4.27. The first-order chi connectivity index (χ1) is 8.78. The van der Waals surface area contributed by atoms with Crippen LogP contribution in [0.25, 0.3) is 0 Å². The number of benzene rings is 1. The van der Waals surface area contributed by atoms with Crippen molar-refractivity contribution in [3.63, 3.8) is 0 Å². The summed E-state index contributed by atoms with van der Waals surface area (Å²) in [5.74, 6) is 0.0187. The van der Waals surface area contributed by atoms with Crippen LogP contribution in [0.15, 0.2) is 24.3 Å². The largest absolute Gasteiger partial charge is 0.388 e. The molecule has 98 valence electrons. The lowest BCUT2D eigenvalue weighted by Crippen LogP contribution is -2.41. The summed E-state index contributed by atoms with van der Waals surface area (Å²) in [4.78, 5) is 14.0. The molecule has 1 aromatic rings. The maximum absolute atomic E-state index is 11.9. The summed E-state index contributed by atoms with van der Waals surface area (Å²) in [5, 5.41) is 5.95. The van der Waals surface area contributed by atoms with Crippen LogP contribution >= 0.6 is 0 Å². The van der Waals surface area contributed by atoms with Crippen LogP contribution in [0.1, 0.15) is 0 Å². The Hall–Kier alpha value is -1.59. The van der Waals surface area contributed by atoms with Crippen molar-refractivity contribution in [3.8, 4) is 0 Å². The third-order valence-electron chi connectivity index (χ3n) is 2.91. The van der Waals surface area contributed by atoms with Crippen LogP contribution in [0, 0.1) is 0 Å². The maximum Gasteiger partial charge on any atom is 0.238 e. The number of carbonyl (C=O) groups excluding carboxylic acids is 1. The molecular weight excluding hydrogens is 230 g/mol. The molecule has 2 N–H and O–H groups in total. The van der Waals surface area contributed by atoms with Gasteiger partial charge in [0.15, 0.2) is 0 Å². The van der Waals surface area contributed by atoms with E-state index in [0.29, 0.717) is 19.8 Å². The van der Waals surface area contributed by atoms with Gasteiger partial charge in [0.1, 0.15) is 0 Å². The van der Waals surface area contributed by atoms with E-state index in [0.717, 1.165) is 24.5 Å². The van der Waals surface area contributed by atoms with Crippen molar-refractivity contribution >= 4 is 17.3 Å². The Bertz CT molecular complexity index is 403. The third-order valence-corrected chi connectivity index (χ3v) is 2.91. The zero-order chi connectivity index (χ0) is 12.8. The zero-order valence-corrected chi connectivity index (χ0v) is 10.6. The Morgan fingerprint density at radius 3 is 2.78 bits per heavy atom. The molecule has 0 aliphatic carbocycles. The Morgan fingerprint density at radius 2 is 2.06 bits per heavy atom. The van der Waals surface area contributed by atoms with Crippen molar-refractivity contribution < 1.29 is 9.53 Å². The summed E-state index contributed by atoms with van der Waals surface area (Å²) in [5.41, 5.74) is 1.80. The van der Waals surface area contributed by atoms with Gasteiger partial charge in [-0.2, -0.15) is 0 Å². The SMILES string of the molecule is CNc1cccc(NC(=O)CN2CCOCC2)c1. The molecule has 0 unspecified atom stereocenters. The zero-order valence-electron chi connectivity index (χ0n) is 10.6. The molecule has 5 heteroatoms. The van der Waals surface area contributed by atoms with Gasteiger partial charge in [-0.25, -0.2) is 0 Å². The first kappa shape index (κ1) is 12.9. The number of carbonyl (C=O) groups is 1. The van der Waals surface area contributed by atoms with Gasteiger partial charge in [-0.05, 0) is 18.2 Å². The molecule has 1 aliphatic heterocycles. The van der Waals surface area contributed by atoms with Crippen molar-refractivity contribution in [2.75, 3.05) is 50.5 Å².